The van der Waals surface area contributed by atoms with E-state index in [1.165, 1.54) is 0 Å². The van der Waals surface area contributed by atoms with Gasteiger partial charge in [0.05, 0.1) is 0 Å². The summed E-state index contributed by atoms with van der Waals surface area (Å²) in [7, 11) is 0. The normalized spacial score (nSPS) is 13.3. The molecule has 1 nitrogen and oxygen atoms in total. The molecule has 0 unspecified atom stereocenters. The van der Waals surface area contributed by atoms with Crippen LogP contribution in [-0.4, -0.2) is 17.1 Å². The fourth-order valence-corrected chi connectivity index (χ4v) is 0.938. The van der Waals surface area contributed by atoms with Gasteiger partial charge in [-0.2, -0.15) is 11.6 Å². The Balaban J connectivity index is 3.44. The maximum atomic E-state index is 5.44. The fraction of sp³-hybridized carbons (Fsp3) is 1.00. The first-order chi connectivity index (χ1) is 4.71. The molecule has 0 aromatic rings. The first kappa shape index (κ1) is 11.4. The van der Waals surface area contributed by atoms with Crippen LogP contribution in [0.2, 0.25) is 0 Å². The van der Waals surface area contributed by atoms with E-state index in [9.17, 15) is 0 Å². The van der Waals surface area contributed by atoms with E-state index in [-0.39, 0.29) is 10.3 Å². The molecule has 0 atom stereocenters. The lowest BCUT2D eigenvalue weighted by Crippen LogP contribution is -2.22. The lowest BCUT2D eigenvalue weighted by Gasteiger charge is -2.22. The third kappa shape index (κ3) is 10.4. The molecule has 0 bridgehead atoms. The first-order valence-electron chi connectivity index (χ1n) is 3.88. The van der Waals surface area contributed by atoms with Crippen molar-refractivity contribution in [3.8, 4) is 0 Å². The van der Waals surface area contributed by atoms with Gasteiger partial charge in [0.2, 0.25) is 0 Å². The Morgan fingerprint density at radius 1 is 1.00 bits per heavy atom. The summed E-state index contributed by atoms with van der Waals surface area (Å²) in [6, 6.07) is 0. The van der Waals surface area contributed by atoms with E-state index < -0.39 is 0 Å². The lowest BCUT2D eigenvalue weighted by molar-refractivity contribution is 0.144. The molecule has 0 aliphatic heterocycles. The molecule has 0 saturated heterocycles. The predicted octanol–water partition coefficient (Wildman–Crippen LogP) is 2.87. The van der Waals surface area contributed by atoms with Crippen LogP contribution in [0.5, 0.6) is 0 Å². The molecule has 65 valence electrons. The third-order valence-electron chi connectivity index (χ3n) is 0.803. The summed E-state index contributed by atoms with van der Waals surface area (Å²) in [6.07, 6.45) is 0. The van der Waals surface area contributed by atoms with E-state index >= 15 is 0 Å². The minimum atomic E-state index is -0.0573. The molecule has 0 aromatic carbocycles. The molecule has 0 spiro atoms. The molecule has 1 radical (unpaired) electrons. The van der Waals surface area contributed by atoms with Gasteiger partial charge >= 0.3 is 6.76 Å². The second-order valence-electron chi connectivity index (χ2n) is 4.56. The molecule has 0 aromatic heterocycles. The van der Waals surface area contributed by atoms with Crippen LogP contribution in [-0.2, 0) is 4.65 Å². The van der Waals surface area contributed by atoms with Crippen LogP contribution in [0.1, 0.15) is 41.5 Å². The van der Waals surface area contributed by atoms with Gasteiger partial charge in [-0.05, 0) is 25.5 Å². The minimum absolute atomic E-state index is 0.0573. The Morgan fingerprint density at radius 2 is 1.45 bits per heavy atom. The summed E-state index contributed by atoms with van der Waals surface area (Å²) in [5, 5.41) is 0. The van der Waals surface area contributed by atoms with Gasteiger partial charge < -0.3 is 4.65 Å². The van der Waals surface area contributed by atoms with Crippen LogP contribution in [0, 0.1) is 0 Å². The maximum Gasteiger partial charge on any atom is 0.372 e. The molecule has 0 N–H and O–H groups in total. The third-order valence-corrected chi connectivity index (χ3v) is 1.70. The van der Waals surface area contributed by atoms with Crippen molar-refractivity contribution in [3.63, 3.8) is 0 Å². The molecule has 3 heteroatoms. The van der Waals surface area contributed by atoms with E-state index in [2.05, 4.69) is 20.8 Å². The minimum Gasteiger partial charge on any atom is -0.424 e. The van der Waals surface area contributed by atoms with E-state index in [4.69, 9.17) is 4.65 Å². The van der Waals surface area contributed by atoms with Crippen molar-refractivity contribution in [1.29, 1.82) is 0 Å². The molecule has 11 heavy (non-hydrogen) atoms. The lowest BCUT2D eigenvalue weighted by atomic mass is 10.2. The Hall–Kier alpha value is 0.375. The second-order valence-corrected chi connectivity index (χ2v) is 6.21. The molecule has 0 rings (SSSR count). The van der Waals surface area contributed by atoms with Gasteiger partial charge in [0.1, 0.15) is 0 Å². The molecule has 0 heterocycles. The second kappa shape index (κ2) is 3.86. The van der Waals surface area contributed by atoms with Crippen molar-refractivity contribution in [3.05, 3.63) is 0 Å². The molecule has 0 amide bonds. The van der Waals surface area contributed by atoms with Gasteiger partial charge in [-0.1, -0.05) is 20.8 Å². The fourth-order valence-electron chi connectivity index (χ4n) is 0.313. The van der Waals surface area contributed by atoms with Crippen molar-refractivity contribution in [2.75, 3.05) is 0 Å². The summed E-state index contributed by atoms with van der Waals surface area (Å²) in [6.45, 7) is 14.5. The average molecular weight is 173 g/mol. The zero-order valence-electron chi connectivity index (χ0n) is 8.39. The summed E-state index contributed by atoms with van der Waals surface area (Å²) in [5.74, 6) is 0. The molecule has 0 saturated carbocycles. The Bertz CT molecular complexity index is 98.2. The van der Waals surface area contributed by atoms with Gasteiger partial charge in [-0.15, -0.1) is 0 Å². The van der Waals surface area contributed by atoms with E-state index in [1.54, 1.807) is 11.6 Å². The maximum absolute atomic E-state index is 5.44. The average Bonchev–Trinajstić information content (AvgIpc) is 1.55. The summed E-state index contributed by atoms with van der Waals surface area (Å²) in [4.78, 5) is 0. The highest BCUT2D eigenvalue weighted by molar-refractivity contribution is 8.22. The van der Waals surface area contributed by atoms with E-state index in [0.29, 0.717) is 0 Å². The molecule has 0 aliphatic carbocycles. The monoisotopic (exact) mass is 173 g/mol. The smallest absolute Gasteiger partial charge is 0.372 e. The van der Waals surface area contributed by atoms with Crippen molar-refractivity contribution in [1.82, 2.24) is 0 Å². The van der Waals surface area contributed by atoms with Gasteiger partial charge in [0, 0.05) is 5.60 Å². The molecule has 0 aliphatic rings. The van der Waals surface area contributed by atoms with Gasteiger partial charge in [-0.3, -0.25) is 0 Å². The summed E-state index contributed by atoms with van der Waals surface area (Å²) < 4.78 is 5.70. The summed E-state index contributed by atoms with van der Waals surface area (Å²) >= 11 is 1.71. The first-order valence-corrected chi connectivity index (χ1v) is 4.76. The Labute approximate surface area is 75.5 Å². The van der Waals surface area contributed by atoms with Crippen LogP contribution in [0.15, 0.2) is 0 Å². The molecular weight excluding hydrogens is 155 g/mol. The van der Waals surface area contributed by atoms with Gasteiger partial charge in [-0.25, -0.2) is 0 Å². The van der Waals surface area contributed by atoms with Crippen molar-refractivity contribution < 1.29 is 4.65 Å². The zero-order valence-corrected chi connectivity index (χ0v) is 9.21. The highest BCUT2D eigenvalue weighted by Crippen LogP contribution is 2.23. The van der Waals surface area contributed by atoms with Crippen molar-refractivity contribution in [2.45, 2.75) is 51.9 Å². The molecular formula is C8H18BOS. The van der Waals surface area contributed by atoms with Crippen molar-refractivity contribution in [2.24, 2.45) is 0 Å². The quantitative estimate of drug-likeness (QED) is 0.594. The number of hydrogen-bond donors (Lipinski definition) is 0. The number of hydrogen-bond acceptors (Lipinski definition) is 2. The largest absolute Gasteiger partial charge is 0.424 e. The SMILES string of the molecule is CC(C)(C)O[B]SC(C)(C)C. The standard InChI is InChI=1S/C8H18BOS/c1-7(2,3)10-9-11-8(4,5)6/h1-6H3. The van der Waals surface area contributed by atoms with Crippen LogP contribution in [0.25, 0.3) is 0 Å². The molecule has 0 fully saturated rings. The predicted molar refractivity (Wildman–Crippen MR) is 53.9 cm³/mol. The zero-order chi connectivity index (χ0) is 9.12. The van der Waals surface area contributed by atoms with Crippen LogP contribution < -0.4 is 0 Å². The van der Waals surface area contributed by atoms with Crippen LogP contribution >= 0.6 is 11.6 Å². The highest BCUT2D eigenvalue weighted by atomic mass is 32.2. The Kier molecular flexibility index (Phi) is 3.99. The van der Waals surface area contributed by atoms with Crippen LogP contribution in [0.3, 0.4) is 0 Å². The number of rotatable bonds is 2. The van der Waals surface area contributed by atoms with E-state index in [1.807, 2.05) is 27.5 Å². The topological polar surface area (TPSA) is 9.23 Å². The highest BCUT2D eigenvalue weighted by Gasteiger charge is 2.16. The summed E-state index contributed by atoms with van der Waals surface area (Å²) in [5.41, 5.74) is -0.0573. The van der Waals surface area contributed by atoms with Crippen LogP contribution in [0.4, 0.5) is 0 Å². The van der Waals surface area contributed by atoms with Gasteiger partial charge in [0.25, 0.3) is 0 Å². The van der Waals surface area contributed by atoms with E-state index in [0.717, 1.165) is 0 Å². The van der Waals surface area contributed by atoms with Gasteiger partial charge in [0.15, 0.2) is 0 Å². The Morgan fingerprint density at radius 3 is 1.73 bits per heavy atom. The van der Waals surface area contributed by atoms with Crippen molar-refractivity contribution >= 4 is 18.4 Å².